The lowest BCUT2D eigenvalue weighted by Gasteiger charge is -1.99. The lowest BCUT2D eigenvalue weighted by atomic mass is 10.1. The van der Waals surface area contributed by atoms with Crippen LogP contribution in [0.4, 0.5) is 11.4 Å². The summed E-state index contributed by atoms with van der Waals surface area (Å²) in [6.07, 6.45) is 1.40. The van der Waals surface area contributed by atoms with Gasteiger partial charge in [0.2, 0.25) is 0 Å². The predicted molar refractivity (Wildman–Crippen MR) is 59.6 cm³/mol. The van der Waals surface area contributed by atoms with Crippen LogP contribution in [0.25, 0.3) is 5.03 Å². The fourth-order valence-corrected chi connectivity index (χ4v) is 1.30. The average molecular weight is 257 g/mol. The molecule has 0 aliphatic carbocycles. The number of carbonyl (C=O) groups is 1. The van der Waals surface area contributed by atoms with Crippen LogP contribution in [-0.4, -0.2) is 16.1 Å². The van der Waals surface area contributed by atoms with Crippen LogP contribution in [0.1, 0.15) is 5.56 Å². The Morgan fingerprint density at radius 3 is 2.24 bits per heavy atom. The summed E-state index contributed by atoms with van der Waals surface area (Å²) in [7, 11) is 0. The minimum atomic E-state index is -0.882. The number of aldehydes is 1. The molecule has 0 aliphatic rings. The Kier molecular flexibility index (Phi) is 3.89. The monoisotopic (exact) mass is 256 g/mol. The van der Waals surface area contributed by atoms with E-state index in [4.69, 9.17) is 11.6 Å². The van der Waals surface area contributed by atoms with Gasteiger partial charge in [-0.2, -0.15) is 0 Å². The number of benzene rings is 1. The third-order valence-electron chi connectivity index (χ3n) is 1.86. The van der Waals surface area contributed by atoms with Gasteiger partial charge in [-0.15, -0.1) is 0 Å². The normalized spacial score (nSPS) is 11.0. The standard InChI is InChI=1S/C9H5ClN2O5/c10-7(3-4-13)6-1-2-8(11(14)15)9(5-6)12(16)17/h1-5H. The molecule has 17 heavy (non-hydrogen) atoms. The number of hydrogen-bond donors (Lipinski definition) is 0. The van der Waals surface area contributed by atoms with Crippen molar-refractivity contribution in [1.82, 2.24) is 0 Å². The van der Waals surface area contributed by atoms with E-state index in [9.17, 15) is 25.0 Å². The van der Waals surface area contributed by atoms with E-state index >= 15 is 0 Å². The van der Waals surface area contributed by atoms with E-state index in [0.29, 0.717) is 6.29 Å². The van der Waals surface area contributed by atoms with E-state index in [0.717, 1.165) is 18.2 Å². The highest BCUT2D eigenvalue weighted by Gasteiger charge is 2.24. The molecule has 0 aromatic heterocycles. The second-order valence-corrected chi connectivity index (χ2v) is 3.28. The Morgan fingerprint density at radius 2 is 1.76 bits per heavy atom. The van der Waals surface area contributed by atoms with Crippen molar-refractivity contribution in [2.24, 2.45) is 0 Å². The first-order valence-corrected chi connectivity index (χ1v) is 4.59. The van der Waals surface area contributed by atoms with Gasteiger partial charge in [0.05, 0.1) is 14.9 Å². The zero-order chi connectivity index (χ0) is 13.0. The highest BCUT2D eigenvalue weighted by molar-refractivity contribution is 6.49. The van der Waals surface area contributed by atoms with Crippen LogP contribution in [0.5, 0.6) is 0 Å². The van der Waals surface area contributed by atoms with Gasteiger partial charge in [0.1, 0.15) is 6.29 Å². The molecular weight excluding hydrogens is 252 g/mol. The summed E-state index contributed by atoms with van der Waals surface area (Å²) in [6.45, 7) is 0. The first-order valence-electron chi connectivity index (χ1n) is 4.21. The highest BCUT2D eigenvalue weighted by Crippen LogP contribution is 2.31. The molecule has 88 valence electrons. The zero-order valence-electron chi connectivity index (χ0n) is 8.20. The minimum Gasteiger partial charge on any atom is -0.299 e. The van der Waals surface area contributed by atoms with Gasteiger partial charge in [-0.3, -0.25) is 25.0 Å². The first kappa shape index (κ1) is 12.8. The Hall–Kier alpha value is -2.28. The third kappa shape index (κ3) is 2.85. The molecule has 1 rings (SSSR count). The molecule has 0 N–H and O–H groups in total. The van der Waals surface area contributed by atoms with Crippen LogP contribution < -0.4 is 0 Å². The Balaban J connectivity index is 3.38. The Bertz CT molecular complexity index is 526. The maximum atomic E-state index is 10.6. The molecule has 1 aromatic rings. The fourth-order valence-electron chi connectivity index (χ4n) is 1.13. The highest BCUT2D eigenvalue weighted by atomic mass is 35.5. The SMILES string of the molecule is O=CC=C(Cl)c1ccc([N+](=O)[O-])c([N+](=O)[O-])c1. The Morgan fingerprint density at radius 1 is 1.18 bits per heavy atom. The van der Waals surface area contributed by atoms with E-state index < -0.39 is 21.2 Å². The van der Waals surface area contributed by atoms with E-state index in [1.807, 2.05) is 0 Å². The number of nitrogens with zero attached hydrogens (tertiary/aromatic N) is 2. The lowest BCUT2D eigenvalue weighted by Crippen LogP contribution is -1.97. The van der Waals surface area contributed by atoms with E-state index in [1.165, 1.54) is 6.07 Å². The minimum absolute atomic E-state index is 0.0296. The van der Waals surface area contributed by atoms with Crippen LogP contribution in [0.15, 0.2) is 24.3 Å². The van der Waals surface area contributed by atoms with Gasteiger partial charge in [-0.05, 0) is 12.1 Å². The second kappa shape index (κ2) is 5.17. The average Bonchev–Trinajstić information content (AvgIpc) is 2.28. The molecule has 0 saturated carbocycles. The number of carbonyl (C=O) groups excluding carboxylic acids is 1. The number of allylic oxidation sites excluding steroid dienone is 1. The largest absolute Gasteiger partial charge is 0.346 e. The smallest absolute Gasteiger partial charge is 0.299 e. The fraction of sp³-hybridized carbons (Fsp3) is 0. The summed E-state index contributed by atoms with van der Waals surface area (Å²) < 4.78 is 0. The molecule has 0 amide bonds. The van der Waals surface area contributed by atoms with Crippen LogP contribution >= 0.6 is 11.6 Å². The van der Waals surface area contributed by atoms with Crippen LogP contribution in [0.2, 0.25) is 0 Å². The molecule has 7 nitrogen and oxygen atoms in total. The maximum Gasteiger partial charge on any atom is 0.346 e. The Labute approximate surface area is 99.6 Å². The molecule has 0 spiro atoms. The maximum absolute atomic E-state index is 10.6. The molecule has 0 aliphatic heterocycles. The third-order valence-corrected chi connectivity index (χ3v) is 2.20. The van der Waals surface area contributed by atoms with Gasteiger partial charge in [0.25, 0.3) is 0 Å². The van der Waals surface area contributed by atoms with E-state index in [1.54, 1.807) is 0 Å². The van der Waals surface area contributed by atoms with E-state index in [-0.39, 0.29) is 10.6 Å². The lowest BCUT2D eigenvalue weighted by molar-refractivity contribution is -0.422. The summed E-state index contributed by atoms with van der Waals surface area (Å²) in [5.74, 6) is 0. The quantitative estimate of drug-likeness (QED) is 0.356. The van der Waals surface area contributed by atoms with Crippen LogP contribution in [0.3, 0.4) is 0 Å². The molecule has 0 unspecified atom stereocenters. The van der Waals surface area contributed by atoms with E-state index in [2.05, 4.69) is 0 Å². The summed E-state index contributed by atoms with van der Waals surface area (Å²) in [5, 5.41) is 21.1. The predicted octanol–water partition coefficient (Wildman–Crippen LogP) is 2.28. The molecule has 0 heterocycles. The summed E-state index contributed by atoms with van der Waals surface area (Å²) in [5.41, 5.74) is -1.14. The van der Waals surface area contributed by atoms with Crippen molar-refractivity contribution in [1.29, 1.82) is 0 Å². The number of rotatable bonds is 4. The second-order valence-electron chi connectivity index (χ2n) is 2.87. The van der Waals surface area contributed by atoms with Gasteiger partial charge in [0.15, 0.2) is 0 Å². The zero-order valence-corrected chi connectivity index (χ0v) is 8.96. The molecule has 1 aromatic carbocycles. The number of nitro groups is 2. The van der Waals surface area contributed by atoms with Crippen LogP contribution in [0, 0.1) is 20.2 Å². The van der Waals surface area contributed by atoms with Crippen molar-refractivity contribution in [2.75, 3.05) is 0 Å². The number of hydrogen-bond acceptors (Lipinski definition) is 5. The van der Waals surface area contributed by atoms with Crippen molar-refractivity contribution in [3.8, 4) is 0 Å². The van der Waals surface area contributed by atoms with Gasteiger partial charge in [-0.1, -0.05) is 11.6 Å². The summed E-state index contributed by atoms with van der Waals surface area (Å²) >= 11 is 5.65. The van der Waals surface area contributed by atoms with Crippen molar-refractivity contribution >= 4 is 34.3 Å². The topological polar surface area (TPSA) is 103 Å². The molecular formula is C9H5ClN2O5. The summed E-state index contributed by atoms with van der Waals surface area (Å²) in [4.78, 5) is 29.6. The van der Waals surface area contributed by atoms with Crippen molar-refractivity contribution in [3.05, 3.63) is 50.1 Å². The van der Waals surface area contributed by atoms with Gasteiger partial charge >= 0.3 is 11.4 Å². The number of halogens is 1. The molecule has 8 heteroatoms. The molecule has 0 bridgehead atoms. The molecule has 0 saturated heterocycles. The van der Waals surface area contributed by atoms with Crippen molar-refractivity contribution in [2.45, 2.75) is 0 Å². The van der Waals surface area contributed by atoms with Gasteiger partial charge < -0.3 is 0 Å². The van der Waals surface area contributed by atoms with Crippen molar-refractivity contribution < 1.29 is 14.6 Å². The van der Waals surface area contributed by atoms with Crippen LogP contribution in [-0.2, 0) is 4.79 Å². The molecule has 0 radical (unpaired) electrons. The number of nitro benzene ring substituents is 2. The molecule has 0 fully saturated rings. The summed E-state index contributed by atoms with van der Waals surface area (Å²) in [6, 6.07) is 3.14. The van der Waals surface area contributed by atoms with Crippen molar-refractivity contribution in [3.63, 3.8) is 0 Å². The van der Waals surface area contributed by atoms with Gasteiger partial charge in [0, 0.05) is 17.7 Å². The first-order chi connectivity index (χ1) is 7.97. The van der Waals surface area contributed by atoms with Gasteiger partial charge in [-0.25, -0.2) is 0 Å². The molecule has 0 atom stereocenters.